The number of rotatable bonds is 4. The van der Waals surface area contributed by atoms with Gasteiger partial charge in [-0.15, -0.1) is 0 Å². The van der Waals surface area contributed by atoms with Crippen LogP contribution >= 0.6 is 11.6 Å². The van der Waals surface area contributed by atoms with Crippen molar-refractivity contribution in [3.05, 3.63) is 28.8 Å². The Labute approximate surface area is 131 Å². The molecule has 1 aliphatic heterocycles. The van der Waals surface area contributed by atoms with Crippen LogP contribution in [0.4, 0.5) is 0 Å². The number of hydrogen-bond donors (Lipinski definition) is 1. The summed E-state index contributed by atoms with van der Waals surface area (Å²) in [5, 5.41) is 4.21. The second-order valence-electron chi connectivity index (χ2n) is 5.69. The first-order valence-corrected chi connectivity index (χ1v) is 7.70. The zero-order chi connectivity index (χ0) is 15.4. The molecule has 1 aliphatic rings. The molecule has 5 heteroatoms. The minimum absolute atomic E-state index is 0.169. The third-order valence-electron chi connectivity index (χ3n) is 4.14. The van der Waals surface area contributed by atoms with Crippen molar-refractivity contribution in [1.82, 2.24) is 10.2 Å². The average Bonchev–Trinajstić information content (AvgIpc) is 2.46. The molecule has 1 saturated heterocycles. The quantitative estimate of drug-likeness (QED) is 0.929. The molecule has 1 fully saturated rings. The molecule has 1 N–H and O–H groups in total. The Morgan fingerprint density at radius 3 is 2.86 bits per heavy atom. The van der Waals surface area contributed by atoms with E-state index >= 15 is 0 Å². The van der Waals surface area contributed by atoms with E-state index in [1.165, 1.54) is 0 Å². The zero-order valence-corrected chi connectivity index (χ0v) is 13.6. The predicted octanol–water partition coefficient (Wildman–Crippen LogP) is 2.70. The Kier molecular flexibility index (Phi) is 5.48. The number of carbonyl (C=O) groups is 1. The van der Waals surface area contributed by atoms with E-state index < -0.39 is 0 Å². The number of methoxy groups -OCH3 is 1. The Hall–Kier alpha value is -1.26. The number of nitrogens with zero attached hydrogens (tertiary/aromatic N) is 1. The number of amides is 1. The van der Waals surface area contributed by atoms with Crippen molar-refractivity contribution in [2.45, 2.75) is 32.9 Å². The summed E-state index contributed by atoms with van der Waals surface area (Å²) >= 11 is 6.14. The number of hydrogen-bond acceptors (Lipinski definition) is 3. The van der Waals surface area contributed by atoms with E-state index in [2.05, 4.69) is 12.2 Å². The number of piperidine rings is 1. The normalized spacial score (nSPS) is 22.2. The number of ether oxygens (including phenoxy) is 1. The highest BCUT2D eigenvalue weighted by molar-refractivity contribution is 6.32. The van der Waals surface area contributed by atoms with Crippen LogP contribution in [0, 0.1) is 5.92 Å². The first-order valence-electron chi connectivity index (χ1n) is 7.32. The molecule has 1 aromatic carbocycles. The summed E-state index contributed by atoms with van der Waals surface area (Å²) in [5.41, 5.74) is 1.14. The van der Waals surface area contributed by atoms with Crippen molar-refractivity contribution in [3.63, 3.8) is 0 Å². The molecular weight excluding hydrogens is 288 g/mol. The lowest BCUT2D eigenvalue weighted by Gasteiger charge is -2.37. The van der Waals surface area contributed by atoms with Gasteiger partial charge >= 0.3 is 0 Å². The van der Waals surface area contributed by atoms with Crippen LogP contribution in [-0.2, 0) is 11.3 Å². The highest BCUT2D eigenvalue weighted by atomic mass is 35.5. The molecular formula is C16H23ClN2O2. The fourth-order valence-electron chi connectivity index (χ4n) is 2.80. The average molecular weight is 311 g/mol. The van der Waals surface area contributed by atoms with Crippen LogP contribution in [0.1, 0.15) is 25.8 Å². The van der Waals surface area contributed by atoms with Gasteiger partial charge < -0.3 is 15.0 Å². The van der Waals surface area contributed by atoms with E-state index in [0.717, 1.165) is 31.6 Å². The third-order valence-corrected chi connectivity index (χ3v) is 4.43. The zero-order valence-electron chi connectivity index (χ0n) is 12.9. The first kappa shape index (κ1) is 16.1. The maximum atomic E-state index is 11.4. The molecule has 4 nitrogen and oxygen atoms in total. The van der Waals surface area contributed by atoms with Crippen molar-refractivity contribution in [3.8, 4) is 5.75 Å². The van der Waals surface area contributed by atoms with Crippen molar-refractivity contribution >= 4 is 17.5 Å². The highest BCUT2D eigenvalue weighted by Crippen LogP contribution is 2.25. The predicted molar refractivity (Wildman–Crippen MR) is 84.7 cm³/mol. The van der Waals surface area contributed by atoms with Crippen LogP contribution in [0.2, 0.25) is 5.02 Å². The number of halogens is 1. The topological polar surface area (TPSA) is 41.6 Å². The van der Waals surface area contributed by atoms with E-state index in [1.54, 1.807) is 14.0 Å². The molecule has 0 unspecified atom stereocenters. The van der Waals surface area contributed by atoms with Crippen molar-refractivity contribution < 1.29 is 9.53 Å². The molecule has 2 atom stereocenters. The molecule has 1 heterocycles. The van der Waals surface area contributed by atoms with Gasteiger partial charge in [0.1, 0.15) is 5.75 Å². The lowest BCUT2D eigenvalue weighted by Crippen LogP contribution is -2.49. The summed E-state index contributed by atoms with van der Waals surface area (Å²) in [5.74, 6) is 1.32. The van der Waals surface area contributed by atoms with Crippen LogP contribution in [0.5, 0.6) is 5.75 Å². The largest absolute Gasteiger partial charge is 0.495 e. The summed E-state index contributed by atoms with van der Waals surface area (Å²) in [6, 6.07) is 6.28. The molecule has 0 saturated carbocycles. The summed E-state index contributed by atoms with van der Waals surface area (Å²) in [4.78, 5) is 13.3. The molecule has 0 bridgehead atoms. The molecule has 2 rings (SSSR count). The summed E-state index contributed by atoms with van der Waals surface area (Å²) in [7, 11) is 1.61. The molecule has 0 radical (unpaired) electrons. The van der Waals surface area contributed by atoms with Gasteiger partial charge in [-0.3, -0.25) is 4.79 Å². The Bertz CT molecular complexity index is 507. The molecule has 0 aromatic heterocycles. The van der Waals surface area contributed by atoms with Gasteiger partial charge in [0.15, 0.2) is 0 Å². The lowest BCUT2D eigenvalue weighted by atomic mass is 9.93. The Morgan fingerprint density at radius 1 is 1.52 bits per heavy atom. The Morgan fingerprint density at radius 2 is 2.29 bits per heavy atom. The smallest absolute Gasteiger partial charge is 0.219 e. The minimum atomic E-state index is 0.169. The maximum absolute atomic E-state index is 11.4. The van der Waals surface area contributed by atoms with Gasteiger partial charge in [-0.25, -0.2) is 0 Å². The number of benzene rings is 1. The van der Waals surface area contributed by atoms with Gasteiger partial charge in [0.05, 0.1) is 12.1 Å². The lowest BCUT2D eigenvalue weighted by molar-refractivity contribution is -0.130. The van der Waals surface area contributed by atoms with Crippen molar-refractivity contribution in [2.24, 2.45) is 5.92 Å². The standard InChI is InChI=1S/C16H23ClN2O2/c1-11-10-19(12(2)20)7-6-15(11)18-9-13-4-5-16(21-3)14(17)8-13/h4-5,8,11,15,18H,6-7,9-10H2,1-3H3/t11-,15-/m0/s1. The van der Waals surface area contributed by atoms with E-state index in [4.69, 9.17) is 16.3 Å². The molecule has 21 heavy (non-hydrogen) atoms. The van der Waals surface area contributed by atoms with Crippen LogP contribution in [0.25, 0.3) is 0 Å². The molecule has 1 aromatic rings. The molecule has 1 amide bonds. The number of carbonyl (C=O) groups excluding carboxylic acids is 1. The fraction of sp³-hybridized carbons (Fsp3) is 0.562. The van der Waals surface area contributed by atoms with E-state index in [1.807, 2.05) is 23.1 Å². The van der Waals surface area contributed by atoms with E-state index in [9.17, 15) is 4.79 Å². The second kappa shape index (κ2) is 7.14. The minimum Gasteiger partial charge on any atom is -0.495 e. The van der Waals surface area contributed by atoms with Crippen LogP contribution in [0.3, 0.4) is 0 Å². The Balaban J connectivity index is 1.89. The van der Waals surface area contributed by atoms with Crippen molar-refractivity contribution in [1.29, 1.82) is 0 Å². The molecule has 0 aliphatic carbocycles. The maximum Gasteiger partial charge on any atom is 0.219 e. The number of nitrogens with one attached hydrogen (secondary N) is 1. The van der Waals surface area contributed by atoms with Gasteiger partial charge in [-0.1, -0.05) is 24.6 Å². The third kappa shape index (κ3) is 4.11. The van der Waals surface area contributed by atoms with Gasteiger partial charge in [0.25, 0.3) is 0 Å². The summed E-state index contributed by atoms with van der Waals surface area (Å²) < 4.78 is 5.16. The van der Waals surface area contributed by atoms with Crippen molar-refractivity contribution in [2.75, 3.05) is 20.2 Å². The van der Waals surface area contributed by atoms with Crippen LogP contribution < -0.4 is 10.1 Å². The van der Waals surface area contributed by atoms with Gasteiger partial charge in [-0.05, 0) is 30.0 Å². The highest BCUT2D eigenvalue weighted by Gasteiger charge is 2.26. The van der Waals surface area contributed by atoms with Crippen LogP contribution in [-0.4, -0.2) is 37.0 Å². The van der Waals surface area contributed by atoms with Crippen LogP contribution in [0.15, 0.2) is 18.2 Å². The van der Waals surface area contributed by atoms with E-state index in [-0.39, 0.29) is 5.91 Å². The fourth-order valence-corrected chi connectivity index (χ4v) is 3.08. The summed E-state index contributed by atoms with van der Waals surface area (Å²) in [6.07, 6.45) is 0.991. The van der Waals surface area contributed by atoms with Gasteiger partial charge in [-0.2, -0.15) is 0 Å². The summed E-state index contributed by atoms with van der Waals surface area (Å²) in [6.45, 7) is 6.27. The first-order chi connectivity index (χ1) is 10.0. The van der Waals surface area contributed by atoms with Gasteiger partial charge in [0, 0.05) is 32.6 Å². The monoisotopic (exact) mass is 310 g/mol. The second-order valence-corrected chi connectivity index (χ2v) is 6.09. The van der Waals surface area contributed by atoms with E-state index in [0.29, 0.717) is 22.7 Å². The van der Waals surface area contributed by atoms with Gasteiger partial charge in [0.2, 0.25) is 5.91 Å². The molecule has 116 valence electrons. The number of likely N-dealkylation sites (tertiary alicyclic amines) is 1. The SMILES string of the molecule is COc1ccc(CN[C@H]2CCN(C(C)=O)C[C@@H]2C)cc1Cl. The molecule has 0 spiro atoms.